The molecule has 1 aromatic rings. The maximum atomic E-state index is 4.95. The Hall–Kier alpha value is -0.590. The lowest BCUT2D eigenvalue weighted by molar-refractivity contribution is 0.198. The monoisotopic (exact) mass is 230 g/mol. The number of thioether (sulfide) groups is 1. The van der Waals surface area contributed by atoms with E-state index in [1.807, 2.05) is 16.4 Å². The molecule has 0 aliphatic heterocycles. The highest BCUT2D eigenvalue weighted by molar-refractivity contribution is 7.98. The minimum Gasteiger partial charge on any atom is -0.383 e. The van der Waals surface area contributed by atoms with E-state index in [1.165, 1.54) is 0 Å². The van der Waals surface area contributed by atoms with Crippen molar-refractivity contribution in [3.63, 3.8) is 0 Å². The van der Waals surface area contributed by atoms with E-state index in [4.69, 9.17) is 4.74 Å². The molecule has 0 amide bonds. The highest BCUT2D eigenvalue weighted by Gasteiger charge is 2.02. The van der Waals surface area contributed by atoms with Crippen LogP contribution in [0, 0.1) is 0 Å². The van der Waals surface area contributed by atoms with E-state index in [0.717, 1.165) is 37.8 Å². The van der Waals surface area contributed by atoms with Crippen LogP contribution in [-0.4, -0.2) is 47.0 Å². The van der Waals surface area contributed by atoms with E-state index in [-0.39, 0.29) is 0 Å². The summed E-state index contributed by atoms with van der Waals surface area (Å²) in [5.41, 5.74) is 0. The van der Waals surface area contributed by atoms with E-state index in [2.05, 4.69) is 21.7 Å². The SMILES string of the molecule is COCCNCc1ncnn1CCSC. The summed E-state index contributed by atoms with van der Waals surface area (Å²) >= 11 is 1.81. The Kier molecular flexibility index (Phi) is 6.38. The zero-order chi connectivity index (χ0) is 10.9. The first-order valence-electron chi connectivity index (χ1n) is 4.93. The van der Waals surface area contributed by atoms with Gasteiger partial charge in [0, 0.05) is 19.4 Å². The van der Waals surface area contributed by atoms with Crippen LogP contribution in [0.25, 0.3) is 0 Å². The zero-order valence-corrected chi connectivity index (χ0v) is 10.1. The molecule has 0 radical (unpaired) electrons. The Balaban J connectivity index is 2.29. The molecular formula is C9H18N4OS. The number of hydrogen-bond acceptors (Lipinski definition) is 5. The number of rotatable bonds is 8. The largest absolute Gasteiger partial charge is 0.383 e. The summed E-state index contributed by atoms with van der Waals surface area (Å²) < 4.78 is 6.89. The fourth-order valence-corrected chi connectivity index (χ4v) is 1.52. The summed E-state index contributed by atoms with van der Waals surface area (Å²) in [6.07, 6.45) is 3.70. The molecule has 86 valence electrons. The van der Waals surface area contributed by atoms with Crippen molar-refractivity contribution in [3.8, 4) is 0 Å². The third-order valence-electron chi connectivity index (χ3n) is 1.97. The molecule has 1 N–H and O–H groups in total. The lowest BCUT2D eigenvalue weighted by Gasteiger charge is -2.06. The molecule has 1 aromatic heterocycles. The Morgan fingerprint density at radius 2 is 2.47 bits per heavy atom. The Morgan fingerprint density at radius 1 is 1.60 bits per heavy atom. The topological polar surface area (TPSA) is 52.0 Å². The van der Waals surface area contributed by atoms with Crippen molar-refractivity contribution in [3.05, 3.63) is 12.2 Å². The summed E-state index contributed by atoms with van der Waals surface area (Å²) in [4.78, 5) is 4.21. The number of aryl methyl sites for hydroxylation is 1. The summed E-state index contributed by atoms with van der Waals surface area (Å²) in [7, 11) is 1.70. The first-order valence-corrected chi connectivity index (χ1v) is 6.33. The lowest BCUT2D eigenvalue weighted by atomic mass is 10.5. The first-order chi connectivity index (χ1) is 7.38. The van der Waals surface area contributed by atoms with Crippen molar-refractivity contribution in [2.24, 2.45) is 0 Å². The van der Waals surface area contributed by atoms with Gasteiger partial charge in [-0.3, -0.25) is 0 Å². The third kappa shape index (κ3) is 4.63. The Labute approximate surface area is 94.6 Å². The number of nitrogens with zero attached hydrogens (tertiary/aromatic N) is 3. The Morgan fingerprint density at radius 3 is 3.20 bits per heavy atom. The van der Waals surface area contributed by atoms with Crippen LogP contribution >= 0.6 is 11.8 Å². The van der Waals surface area contributed by atoms with Crippen LogP contribution in [0.1, 0.15) is 5.82 Å². The molecular weight excluding hydrogens is 212 g/mol. The molecule has 1 rings (SSSR count). The molecule has 0 saturated heterocycles. The molecule has 1 heterocycles. The second-order valence-electron chi connectivity index (χ2n) is 3.06. The second-order valence-corrected chi connectivity index (χ2v) is 4.05. The smallest absolute Gasteiger partial charge is 0.140 e. The van der Waals surface area contributed by atoms with Crippen LogP contribution in [0.2, 0.25) is 0 Å². The van der Waals surface area contributed by atoms with Crippen molar-refractivity contribution in [2.75, 3.05) is 32.3 Å². The molecule has 0 aliphatic rings. The van der Waals surface area contributed by atoms with Gasteiger partial charge < -0.3 is 10.1 Å². The number of aromatic nitrogens is 3. The minimum absolute atomic E-state index is 0.721. The number of hydrogen-bond donors (Lipinski definition) is 1. The maximum Gasteiger partial charge on any atom is 0.140 e. The third-order valence-corrected chi connectivity index (χ3v) is 2.56. The fourth-order valence-electron chi connectivity index (χ4n) is 1.16. The fraction of sp³-hybridized carbons (Fsp3) is 0.778. The van der Waals surface area contributed by atoms with Gasteiger partial charge in [-0.15, -0.1) is 0 Å². The second kappa shape index (κ2) is 7.67. The van der Waals surface area contributed by atoms with E-state index < -0.39 is 0 Å². The van der Waals surface area contributed by atoms with Gasteiger partial charge in [-0.1, -0.05) is 0 Å². The van der Waals surface area contributed by atoms with Crippen LogP contribution in [0.5, 0.6) is 0 Å². The molecule has 5 nitrogen and oxygen atoms in total. The molecule has 0 aliphatic carbocycles. The molecule has 0 saturated carbocycles. The summed E-state index contributed by atoms with van der Waals surface area (Å²) in [5.74, 6) is 2.05. The normalized spacial score (nSPS) is 10.8. The average Bonchev–Trinajstić information content (AvgIpc) is 2.69. The predicted octanol–water partition coefficient (Wildman–Crippen LogP) is 0.377. The van der Waals surface area contributed by atoms with Gasteiger partial charge in [-0.2, -0.15) is 16.9 Å². The molecule has 15 heavy (non-hydrogen) atoms. The van der Waals surface area contributed by atoms with E-state index in [0.29, 0.717) is 0 Å². The van der Waals surface area contributed by atoms with E-state index >= 15 is 0 Å². The number of nitrogens with one attached hydrogen (secondary N) is 1. The summed E-state index contributed by atoms with van der Waals surface area (Å²) in [6.45, 7) is 3.23. The Bertz CT molecular complexity index is 266. The van der Waals surface area contributed by atoms with Gasteiger partial charge in [0.15, 0.2) is 0 Å². The molecule has 0 bridgehead atoms. The predicted molar refractivity (Wildman–Crippen MR) is 62.0 cm³/mol. The molecule has 0 fully saturated rings. The van der Waals surface area contributed by atoms with Gasteiger partial charge in [0.1, 0.15) is 12.2 Å². The molecule has 0 spiro atoms. The number of methoxy groups -OCH3 is 1. The van der Waals surface area contributed by atoms with Gasteiger partial charge in [0.05, 0.1) is 19.7 Å². The van der Waals surface area contributed by atoms with Crippen molar-refractivity contribution >= 4 is 11.8 Å². The highest BCUT2D eigenvalue weighted by Crippen LogP contribution is 1.98. The zero-order valence-electron chi connectivity index (χ0n) is 9.27. The van der Waals surface area contributed by atoms with Crippen LogP contribution in [0.4, 0.5) is 0 Å². The van der Waals surface area contributed by atoms with Crippen molar-refractivity contribution in [1.82, 2.24) is 20.1 Å². The van der Waals surface area contributed by atoms with Crippen molar-refractivity contribution in [2.45, 2.75) is 13.1 Å². The first kappa shape index (κ1) is 12.5. The van der Waals surface area contributed by atoms with Crippen LogP contribution in [0.15, 0.2) is 6.33 Å². The van der Waals surface area contributed by atoms with E-state index in [1.54, 1.807) is 13.4 Å². The lowest BCUT2D eigenvalue weighted by Crippen LogP contribution is -2.21. The van der Waals surface area contributed by atoms with Gasteiger partial charge >= 0.3 is 0 Å². The molecule has 0 atom stereocenters. The van der Waals surface area contributed by atoms with Crippen molar-refractivity contribution in [1.29, 1.82) is 0 Å². The van der Waals surface area contributed by atoms with Crippen LogP contribution in [0.3, 0.4) is 0 Å². The van der Waals surface area contributed by atoms with Gasteiger partial charge in [-0.25, -0.2) is 9.67 Å². The van der Waals surface area contributed by atoms with Gasteiger partial charge in [0.25, 0.3) is 0 Å². The van der Waals surface area contributed by atoms with E-state index in [9.17, 15) is 0 Å². The molecule has 0 aromatic carbocycles. The highest BCUT2D eigenvalue weighted by atomic mass is 32.2. The minimum atomic E-state index is 0.721. The standard InChI is InChI=1S/C9H18N4OS/c1-14-5-3-10-7-9-11-8-12-13(9)4-6-15-2/h8,10H,3-7H2,1-2H3. The van der Waals surface area contributed by atoms with Gasteiger partial charge in [0.2, 0.25) is 0 Å². The maximum absolute atomic E-state index is 4.95. The van der Waals surface area contributed by atoms with Crippen LogP contribution < -0.4 is 5.32 Å². The van der Waals surface area contributed by atoms with Crippen LogP contribution in [-0.2, 0) is 17.8 Å². The number of ether oxygens (including phenoxy) is 1. The molecule has 0 unspecified atom stereocenters. The quantitative estimate of drug-likeness (QED) is 0.654. The summed E-state index contributed by atoms with van der Waals surface area (Å²) in [6, 6.07) is 0. The molecule has 6 heteroatoms. The van der Waals surface area contributed by atoms with Gasteiger partial charge in [-0.05, 0) is 6.26 Å². The van der Waals surface area contributed by atoms with Crippen molar-refractivity contribution < 1.29 is 4.74 Å². The summed E-state index contributed by atoms with van der Waals surface area (Å²) in [5, 5.41) is 7.42. The average molecular weight is 230 g/mol.